The highest BCUT2D eigenvalue weighted by Crippen LogP contribution is 2.28. The number of nitro groups is 1. The Morgan fingerprint density at radius 3 is 2.60 bits per heavy atom. The molecule has 3 aromatic rings. The predicted octanol–water partition coefficient (Wildman–Crippen LogP) is 4.92. The summed E-state index contributed by atoms with van der Waals surface area (Å²) in [6.45, 7) is 0. The zero-order valence-corrected chi connectivity index (χ0v) is 13.5. The van der Waals surface area contributed by atoms with Crippen LogP contribution in [0.2, 0.25) is 0 Å². The Bertz CT molecular complexity index is 1000. The van der Waals surface area contributed by atoms with Gasteiger partial charge in [-0.05, 0) is 24.3 Å². The predicted molar refractivity (Wildman–Crippen MR) is 94.1 cm³/mol. The average molecular weight is 351 g/mol. The molecule has 0 unspecified atom stereocenters. The van der Waals surface area contributed by atoms with Gasteiger partial charge < -0.3 is 0 Å². The minimum absolute atomic E-state index is 0.00337. The van der Waals surface area contributed by atoms with Crippen molar-refractivity contribution in [1.29, 1.82) is 5.26 Å². The number of nitrogens with zero attached hydrogens (tertiary/aromatic N) is 3. The zero-order chi connectivity index (χ0) is 17.8. The van der Waals surface area contributed by atoms with E-state index in [4.69, 9.17) is 0 Å². The van der Waals surface area contributed by atoms with Gasteiger partial charge in [-0.3, -0.25) is 10.1 Å². The van der Waals surface area contributed by atoms with Gasteiger partial charge in [0.05, 0.1) is 16.2 Å². The van der Waals surface area contributed by atoms with Crippen LogP contribution in [0.25, 0.3) is 22.9 Å². The Kier molecular flexibility index (Phi) is 4.64. The first-order valence-electron chi connectivity index (χ1n) is 7.15. The fraction of sp³-hybridized carbons (Fsp3) is 0. The fourth-order valence-corrected chi connectivity index (χ4v) is 2.97. The van der Waals surface area contributed by atoms with Crippen LogP contribution in [0.1, 0.15) is 10.6 Å². The number of aromatic nitrogens is 1. The standard InChI is InChI=1S/C18H10FN3O2S/c19-16-4-2-1-3-13(16)9-14(10-20)18-21-17(11-25-18)12-5-7-15(8-6-12)22(23)24/h1-9,11H/b14-9-. The van der Waals surface area contributed by atoms with Gasteiger partial charge in [0.1, 0.15) is 16.9 Å². The maximum atomic E-state index is 13.7. The van der Waals surface area contributed by atoms with Crippen molar-refractivity contribution in [2.75, 3.05) is 0 Å². The van der Waals surface area contributed by atoms with Crippen LogP contribution in [0.4, 0.5) is 10.1 Å². The highest BCUT2D eigenvalue weighted by molar-refractivity contribution is 7.11. The minimum Gasteiger partial charge on any atom is -0.258 e. The molecule has 0 aliphatic heterocycles. The van der Waals surface area contributed by atoms with E-state index in [1.165, 1.54) is 35.6 Å². The molecule has 122 valence electrons. The lowest BCUT2D eigenvalue weighted by atomic mass is 10.1. The van der Waals surface area contributed by atoms with Crippen molar-refractivity contribution >= 4 is 28.7 Å². The molecule has 0 bridgehead atoms. The molecule has 0 aliphatic carbocycles. The van der Waals surface area contributed by atoms with E-state index in [0.29, 0.717) is 21.8 Å². The maximum Gasteiger partial charge on any atom is 0.269 e. The van der Waals surface area contributed by atoms with Crippen molar-refractivity contribution in [3.63, 3.8) is 0 Å². The van der Waals surface area contributed by atoms with Crippen molar-refractivity contribution in [3.05, 3.63) is 80.4 Å². The number of hydrogen-bond acceptors (Lipinski definition) is 5. The van der Waals surface area contributed by atoms with Crippen LogP contribution in [0.15, 0.2) is 53.9 Å². The summed E-state index contributed by atoms with van der Waals surface area (Å²) in [5.74, 6) is -0.414. The molecule has 0 N–H and O–H groups in total. The Labute approximate surface area is 146 Å². The average Bonchev–Trinajstić information content (AvgIpc) is 3.11. The molecule has 3 rings (SSSR count). The van der Waals surface area contributed by atoms with E-state index in [0.717, 1.165) is 0 Å². The highest BCUT2D eigenvalue weighted by atomic mass is 32.1. The zero-order valence-electron chi connectivity index (χ0n) is 12.7. The molecule has 0 amide bonds. The molecule has 25 heavy (non-hydrogen) atoms. The third-order valence-electron chi connectivity index (χ3n) is 3.43. The van der Waals surface area contributed by atoms with Crippen LogP contribution in [-0.2, 0) is 0 Å². The maximum absolute atomic E-state index is 13.7. The summed E-state index contributed by atoms with van der Waals surface area (Å²) in [4.78, 5) is 14.6. The minimum atomic E-state index is -0.471. The van der Waals surface area contributed by atoms with Gasteiger partial charge in [0, 0.05) is 28.6 Å². The summed E-state index contributed by atoms with van der Waals surface area (Å²) >= 11 is 1.25. The quantitative estimate of drug-likeness (QED) is 0.379. The first-order valence-corrected chi connectivity index (χ1v) is 8.03. The first kappa shape index (κ1) is 16.5. The van der Waals surface area contributed by atoms with E-state index in [9.17, 15) is 19.8 Å². The van der Waals surface area contributed by atoms with Gasteiger partial charge in [0.15, 0.2) is 0 Å². The van der Waals surface area contributed by atoms with Gasteiger partial charge in [-0.2, -0.15) is 5.26 Å². The van der Waals surface area contributed by atoms with Gasteiger partial charge in [-0.15, -0.1) is 11.3 Å². The number of nitro benzene ring substituents is 1. The van der Waals surface area contributed by atoms with Crippen molar-refractivity contribution in [3.8, 4) is 17.3 Å². The summed E-state index contributed by atoms with van der Waals surface area (Å²) in [5, 5.41) is 22.3. The number of hydrogen-bond donors (Lipinski definition) is 0. The molecule has 2 aromatic carbocycles. The molecule has 1 heterocycles. The smallest absolute Gasteiger partial charge is 0.258 e. The van der Waals surface area contributed by atoms with E-state index in [1.807, 2.05) is 6.07 Å². The van der Waals surface area contributed by atoms with Crippen molar-refractivity contribution < 1.29 is 9.31 Å². The number of benzene rings is 2. The number of thiazole rings is 1. The molecule has 0 fully saturated rings. The third-order valence-corrected chi connectivity index (χ3v) is 4.31. The van der Waals surface area contributed by atoms with Crippen LogP contribution >= 0.6 is 11.3 Å². The molecule has 0 atom stereocenters. The topological polar surface area (TPSA) is 79.8 Å². The van der Waals surface area contributed by atoms with Crippen molar-refractivity contribution in [1.82, 2.24) is 4.98 Å². The Morgan fingerprint density at radius 2 is 1.96 bits per heavy atom. The molecule has 0 saturated carbocycles. The summed E-state index contributed by atoms with van der Waals surface area (Å²) in [6.07, 6.45) is 1.45. The molecule has 5 nitrogen and oxygen atoms in total. The Morgan fingerprint density at radius 1 is 1.24 bits per heavy atom. The second-order valence-corrected chi connectivity index (χ2v) is 5.89. The molecular formula is C18H10FN3O2S. The molecule has 0 radical (unpaired) electrons. The number of rotatable bonds is 4. The van der Waals surface area contributed by atoms with Crippen LogP contribution in [0.3, 0.4) is 0 Å². The van der Waals surface area contributed by atoms with Gasteiger partial charge in [0.2, 0.25) is 0 Å². The second kappa shape index (κ2) is 7.03. The molecule has 7 heteroatoms. The lowest BCUT2D eigenvalue weighted by molar-refractivity contribution is -0.384. The van der Waals surface area contributed by atoms with Crippen LogP contribution < -0.4 is 0 Å². The number of nitriles is 1. The van der Waals surface area contributed by atoms with Gasteiger partial charge in [-0.1, -0.05) is 18.2 Å². The number of allylic oxidation sites excluding steroid dienone is 1. The van der Waals surface area contributed by atoms with Gasteiger partial charge in [0.25, 0.3) is 5.69 Å². The summed E-state index contributed by atoms with van der Waals surface area (Å²) in [5.41, 5.74) is 1.87. The van der Waals surface area contributed by atoms with Gasteiger partial charge >= 0.3 is 0 Å². The first-order chi connectivity index (χ1) is 12.1. The lowest BCUT2D eigenvalue weighted by Gasteiger charge is -1.98. The van der Waals surface area contributed by atoms with E-state index in [1.54, 1.807) is 35.7 Å². The molecule has 1 aromatic heterocycles. The Balaban J connectivity index is 1.93. The van der Waals surface area contributed by atoms with Gasteiger partial charge in [-0.25, -0.2) is 9.37 Å². The summed E-state index contributed by atoms with van der Waals surface area (Å²) < 4.78 is 13.7. The van der Waals surface area contributed by atoms with E-state index in [-0.39, 0.29) is 11.3 Å². The summed E-state index contributed by atoms with van der Waals surface area (Å²) in [6, 6.07) is 14.2. The lowest BCUT2D eigenvalue weighted by Crippen LogP contribution is -1.88. The fourth-order valence-electron chi connectivity index (χ4n) is 2.17. The number of halogens is 1. The normalized spacial score (nSPS) is 11.1. The van der Waals surface area contributed by atoms with E-state index < -0.39 is 10.7 Å². The second-order valence-electron chi connectivity index (χ2n) is 5.03. The third kappa shape index (κ3) is 3.59. The Hall–Kier alpha value is -3.37. The van der Waals surface area contributed by atoms with Crippen molar-refractivity contribution in [2.45, 2.75) is 0 Å². The molecule has 0 spiro atoms. The molecule has 0 saturated heterocycles. The molecular weight excluding hydrogens is 341 g/mol. The van der Waals surface area contributed by atoms with Crippen LogP contribution in [-0.4, -0.2) is 9.91 Å². The largest absolute Gasteiger partial charge is 0.269 e. The SMILES string of the molecule is N#C/C(=C/c1ccccc1F)c1nc(-c2ccc([N+](=O)[O-])cc2)cs1. The highest BCUT2D eigenvalue weighted by Gasteiger charge is 2.11. The van der Waals surface area contributed by atoms with Crippen LogP contribution in [0, 0.1) is 27.3 Å². The summed E-state index contributed by atoms with van der Waals surface area (Å²) in [7, 11) is 0. The number of non-ortho nitro benzene ring substituents is 1. The monoisotopic (exact) mass is 351 g/mol. The van der Waals surface area contributed by atoms with Crippen molar-refractivity contribution in [2.24, 2.45) is 0 Å². The molecule has 0 aliphatic rings. The van der Waals surface area contributed by atoms with E-state index in [2.05, 4.69) is 4.98 Å². The van der Waals surface area contributed by atoms with Crippen LogP contribution in [0.5, 0.6) is 0 Å². The van der Waals surface area contributed by atoms with E-state index >= 15 is 0 Å².